The zero-order valence-corrected chi connectivity index (χ0v) is 12.9. The average molecular weight is 383 g/mol. The van der Waals surface area contributed by atoms with E-state index in [-0.39, 0.29) is 30.0 Å². The Morgan fingerprint density at radius 1 is 0.885 bits per heavy atom. The van der Waals surface area contributed by atoms with Crippen LogP contribution in [-0.2, 0) is 6.18 Å². The molecule has 0 heterocycles. The Morgan fingerprint density at radius 2 is 1.58 bits per heavy atom. The van der Waals surface area contributed by atoms with Crippen molar-refractivity contribution in [2.24, 2.45) is 5.73 Å². The molecule has 0 unspecified atom stereocenters. The van der Waals surface area contributed by atoms with E-state index in [1.54, 1.807) is 0 Å². The maximum atomic E-state index is 14.0. The zero-order valence-electron chi connectivity index (χ0n) is 12.9. The van der Waals surface area contributed by atoms with Gasteiger partial charge in [-0.15, -0.1) is 13.2 Å². The van der Waals surface area contributed by atoms with Crippen LogP contribution in [-0.4, -0.2) is 19.5 Å². The van der Waals surface area contributed by atoms with Gasteiger partial charge in [0.05, 0.1) is 5.56 Å². The number of rotatable bonds is 5. The van der Waals surface area contributed by atoms with E-state index >= 15 is 0 Å². The van der Waals surface area contributed by atoms with Crippen molar-refractivity contribution < 1.29 is 40.2 Å². The zero-order chi connectivity index (χ0) is 19.5. The molecular formula is C16H12F7NO2. The van der Waals surface area contributed by atoms with E-state index < -0.39 is 29.7 Å². The van der Waals surface area contributed by atoms with Gasteiger partial charge in [0.1, 0.15) is 12.4 Å². The van der Waals surface area contributed by atoms with Crippen LogP contribution in [0.5, 0.6) is 11.5 Å². The molecule has 0 aliphatic heterocycles. The summed E-state index contributed by atoms with van der Waals surface area (Å²) in [4.78, 5) is 0. The second kappa shape index (κ2) is 7.40. The van der Waals surface area contributed by atoms with E-state index in [9.17, 15) is 30.7 Å². The summed E-state index contributed by atoms with van der Waals surface area (Å²) in [5.74, 6) is -2.24. The van der Waals surface area contributed by atoms with Crippen molar-refractivity contribution in [3.63, 3.8) is 0 Å². The van der Waals surface area contributed by atoms with Crippen LogP contribution < -0.4 is 15.2 Å². The second-order valence-corrected chi connectivity index (χ2v) is 5.04. The van der Waals surface area contributed by atoms with E-state index in [2.05, 4.69) is 4.74 Å². The average Bonchev–Trinajstić information content (AvgIpc) is 2.51. The van der Waals surface area contributed by atoms with Crippen molar-refractivity contribution in [1.82, 2.24) is 0 Å². The molecule has 0 saturated heterocycles. The first-order valence-electron chi connectivity index (χ1n) is 7.11. The van der Waals surface area contributed by atoms with Crippen LogP contribution >= 0.6 is 0 Å². The van der Waals surface area contributed by atoms with E-state index in [0.717, 1.165) is 24.3 Å². The summed E-state index contributed by atoms with van der Waals surface area (Å²) in [5.41, 5.74) is 3.82. The SMILES string of the molecule is NCCOc1cc(-c2ccc(C(F)(F)F)cc2F)ccc1OC(F)(F)F. The molecule has 2 rings (SSSR count). The van der Waals surface area contributed by atoms with Crippen LogP contribution in [0.3, 0.4) is 0 Å². The largest absolute Gasteiger partial charge is 0.573 e. The molecule has 3 nitrogen and oxygen atoms in total. The van der Waals surface area contributed by atoms with E-state index in [0.29, 0.717) is 12.1 Å². The van der Waals surface area contributed by atoms with Crippen molar-refractivity contribution >= 4 is 0 Å². The van der Waals surface area contributed by atoms with Gasteiger partial charge < -0.3 is 15.2 Å². The van der Waals surface area contributed by atoms with Gasteiger partial charge in [-0.2, -0.15) is 13.2 Å². The number of hydrogen-bond donors (Lipinski definition) is 1. The molecule has 0 bridgehead atoms. The van der Waals surface area contributed by atoms with Crippen molar-refractivity contribution in [2.75, 3.05) is 13.2 Å². The highest BCUT2D eigenvalue weighted by Crippen LogP contribution is 2.38. The first-order chi connectivity index (χ1) is 12.0. The highest BCUT2D eigenvalue weighted by atomic mass is 19.4. The third-order valence-electron chi connectivity index (χ3n) is 3.15. The van der Waals surface area contributed by atoms with Gasteiger partial charge in [-0.1, -0.05) is 12.1 Å². The normalized spacial score (nSPS) is 12.2. The Labute approximate surface area is 143 Å². The Hall–Kier alpha value is -2.49. The molecule has 2 N–H and O–H groups in total. The van der Waals surface area contributed by atoms with Crippen LogP contribution in [0, 0.1) is 5.82 Å². The lowest BCUT2D eigenvalue weighted by atomic mass is 10.0. The lowest BCUT2D eigenvalue weighted by Crippen LogP contribution is -2.18. The molecule has 0 saturated carbocycles. The summed E-state index contributed by atoms with van der Waals surface area (Å²) < 4.78 is 98.0. The van der Waals surface area contributed by atoms with Crippen molar-refractivity contribution in [1.29, 1.82) is 0 Å². The van der Waals surface area contributed by atoms with E-state index in [1.165, 1.54) is 0 Å². The minimum atomic E-state index is -4.98. The van der Waals surface area contributed by atoms with Crippen molar-refractivity contribution in [2.45, 2.75) is 12.5 Å². The number of hydrogen-bond acceptors (Lipinski definition) is 3. The molecule has 0 atom stereocenters. The van der Waals surface area contributed by atoms with Crippen molar-refractivity contribution in [3.05, 3.63) is 47.8 Å². The lowest BCUT2D eigenvalue weighted by molar-refractivity contribution is -0.275. The smallest absolute Gasteiger partial charge is 0.488 e. The van der Waals surface area contributed by atoms with Gasteiger partial charge in [-0.05, 0) is 29.8 Å². The molecular weight excluding hydrogens is 371 g/mol. The summed E-state index contributed by atoms with van der Waals surface area (Å²) >= 11 is 0. The molecule has 0 radical (unpaired) electrons. The van der Waals surface area contributed by atoms with E-state index in [4.69, 9.17) is 10.5 Å². The first-order valence-corrected chi connectivity index (χ1v) is 7.11. The molecule has 26 heavy (non-hydrogen) atoms. The van der Waals surface area contributed by atoms with Gasteiger partial charge in [0.25, 0.3) is 0 Å². The highest BCUT2D eigenvalue weighted by molar-refractivity contribution is 5.68. The van der Waals surface area contributed by atoms with Gasteiger partial charge in [-0.3, -0.25) is 0 Å². The molecule has 0 amide bonds. The van der Waals surface area contributed by atoms with Gasteiger partial charge in [0.2, 0.25) is 0 Å². The fourth-order valence-corrected chi connectivity index (χ4v) is 2.09. The first kappa shape index (κ1) is 19.8. The summed E-state index contributed by atoms with van der Waals surface area (Å²) in [6.07, 6.45) is -9.71. The molecule has 142 valence electrons. The fraction of sp³-hybridized carbons (Fsp3) is 0.250. The Kier molecular flexibility index (Phi) is 5.65. The minimum absolute atomic E-state index is 0.00960. The molecule has 10 heteroatoms. The monoisotopic (exact) mass is 383 g/mol. The molecule has 0 aliphatic rings. The van der Waals surface area contributed by atoms with Crippen LogP contribution in [0.1, 0.15) is 5.56 Å². The van der Waals surface area contributed by atoms with Crippen LogP contribution in [0.2, 0.25) is 0 Å². The summed E-state index contributed by atoms with van der Waals surface area (Å²) in [5, 5.41) is 0. The number of halogens is 7. The number of alkyl halides is 6. The van der Waals surface area contributed by atoms with Gasteiger partial charge in [-0.25, -0.2) is 4.39 Å². The number of ether oxygens (including phenoxy) is 2. The number of nitrogens with two attached hydrogens (primary N) is 1. The quantitative estimate of drug-likeness (QED) is 0.758. The predicted molar refractivity (Wildman–Crippen MR) is 78.1 cm³/mol. The van der Waals surface area contributed by atoms with E-state index in [1.807, 2.05) is 0 Å². The van der Waals surface area contributed by atoms with Gasteiger partial charge >= 0.3 is 12.5 Å². The molecule has 2 aromatic rings. The third kappa shape index (κ3) is 5.01. The maximum absolute atomic E-state index is 14.0. The maximum Gasteiger partial charge on any atom is 0.573 e. The van der Waals surface area contributed by atoms with Gasteiger partial charge in [0, 0.05) is 12.1 Å². The molecule has 0 fully saturated rings. The lowest BCUT2D eigenvalue weighted by Gasteiger charge is -2.15. The molecule has 0 aliphatic carbocycles. The summed E-state index contributed by atoms with van der Waals surface area (Å²) in [7, 11) is 0. The minimum Gasteiger partial charge on any atom is -0.488 e. The standard InChI is InChI=1S/C16H12F7NO2/c17-12-8-10(15(18,19)20)2-3-11(12)9-1-4-13(26-16(21,22)23)14(7-9)25-6-5-24/h1-4,7-8H,5-6,24H2. The number of benzene rings is 2. The summed E-state index contributed by atoms with van der Waals surface area (Å²) in [6.45, 7) is -0.155. The van der Waals surface area contributed by atoms with Crippen LogP contribution in [0.25, 0.3) is 11.1 Å². The van der Waals surface area contributed by atoms with Crippen LogP contribution in [0.4, 0.5) is 30.7 Å². The Balaban J connectivity index is 2.44. The fourth-order valence-electron chi connectivity index (χ4n) is 2.09. The molecule has 0 spiro atoms. The predicted octanol–water partition coefficient (Wildman–Crippen LogP) is 4.75. The molecule has 0 aromatic heterocycles. The topological polar surface area (TPSA) is 44.5 Å². The second-order valence-electron chi connectivity index (χ2n) is 5.04. The Morgan fingerprint density at radius 3 is 2.12 bits per heavy atom. The Bertz CT molecular complexity index is 772. The highest BCUT2D eigenvalue weighted by Gasteiger charge is 2.33. The summed E-state index contributed by atoms with van der Waals surface area (Å²) in [6, 6.07) is 4.83. The van der Waals surface area contributed by atoms with Crippen LogP contribution in [0.15, 0.2) is 36.4 Å². The van der Waals surface area contributed by atoms with Gasteiger partial charge in [0.15, 0.2) is 11.5 Å². The van der Waals surface area contributed by atoms with Crippen molar-refractivity contribution in [3.8, 4) is 22.6 Å². The molecule has 2 aromatic carbocycles. The third-order valence-corrected chi connectivity index (χ3v) is 3.15.